The monoisotopic (exact) mass is 293 g/mol. The third kappa shape index (κ3) is 2.88. The van der Waals surface area contributed by atoms with E-state index in [-0.39, 0.29) is 0 Å². The quantitative estimate of drug-likeness (QED) is 0.913. The Morgan fingerprint density at radius 1 is 1.29 bits per heavy atom. The van der Waals surface area contributed by atoms with Gasteiger partial charge in [0.1, 0.15) is 4.60 Å². The van der Waals surface area contributed by atoms with Crippen LogP contribution in [0.25, 0.3) is 0 Å². The van der Waals surface area contributed by atoms with Gasteiger partial charge in [-0.25, -0.2) is 4.98 Å². The second-order valence-corrected chi connectivity index (χ2v) is 5.07. The van der Waals surface area contributed by atoms with Crippen molar-refractivity contribution >= 4 is 21.9 Å². The lowest BCUT2D eigenvalue weighted by Crippen LogP contribution is -1.96. The number of nitrogen functional groups attached to an aromatic ring is 1. The van der Waals surface area contributed by atoms with Crippen LogP contribution in [0.5, 0.6) is 0 Å². The molecule has 1 heterocycles. The van der Waals surface area contributed by atoms with Gasteiger partial charge in [0.25, 0.3) is 0 Å². The number of nitrogens with two attached hydrogens (primary N) is 1. The normalized spacial score (nSPS) is 10.8. The number of imidazole rings is 1. The van der Waals surface area contributed by atoms with Crippen LogP contribution in [0.1, 0.15) is 22.4 Å². The number of aryl methyl sites for hydroxylation is 4. The van der Waals surface area contributed by atoms with Gasteiger partial charge in [0.2, 0.25) is 0 Å². The molecule has 0 aliphatic carbocycles. The van der Waals surface area contributed by atoms with Crippen molar-refractivity contribution < 1.29 is 0 Å². The highest BCUT2D eigenvalue weighted by atomic mass is 79.9. The predicted octanol–water partition coefficient (Wildman–Crippen LogP) is 3.16. The Hall–Kier alpha value is -1.29. The third-order valence-corrected chi connectivity index (χ3v) is 3.54. The molecule has 0 atom stereocenters. The molecule has 17 heavy (non-hydrogen) atoms. The van der Waals surface area contributed by atoms with E-state index < -0.39 is 0 Å². The number of halogens is 1. The molecular weight excluding hydrogens is 278 g/mol. The first-order chi connectivity index (χ1) is 8.06. The van der Waals surface area contributed by atoms with Gasteiger partial charge in [-0.2, -0.15) is 0 Å². The smallest absolute Gasteiger partial charge is 0.198 e. The summed E-state index contributed by atoms with van der Waals surface area (Å²) in [6.45, 7) is 4.27. The standard InChI is InChI=1S/C13H16BrN3/c1-8-3-4-10(9(2)7-8)5-6-11-12(14)17-13(15)16-11/h3-4,7H,5-6H2,1-2H3,(H3,15,16,17). The van der Waals surface area contributed by atoms with Gasteiger partial charge in [0, 0.05) is 0 Å². The highest BCUT2D eigenvalue weighted by Gasteiger charge is 2.06. The van der Waals surface area contributed by atoms with E-state index in [1.165, 1.54) is 16.7 Å². The fraction of sp³-hybridized carbons (Fsp3) is 0.308. The molecule has 0 saturated heterocycles. The lowest BCUT2D eigenvalue weighted by Gasteiger charge is -2.06. The first kappa shape index (κ1) is 12.2. The number of hydrogen-bond donors (Lipinski definition) is 2. The van der Waals surface area contributed by atoms with E-state index in [0.717, 1.165) is 23.1 Å². The minimum absolute atomic E-state index is 0.465. The molecule has 0 aliphatic rings. The summed E-state index contributed by atoms with van der Waals surface area (Å²) >= 11 is 3.40. The molecule has 0 fully saturated rings. The second kappa shape index (κ2) is 4.92. The van der Waals surface area contributed by atoms with Crippen molar-refractivity contribution in [1.29, 1.82) is 0 Å². The summed E-state index contributed by atoms with van der Waals surface area (Å²) in [5.41, 5.74) is 10.7. The average molecular weight is 294 g/mol. The van der Waals surface area contributed by atoms with Crippen molar-refractivity contribution in [1.82, 2.24) is 9.97 Å². The van der Waals surface area contributed by atoms with Crippen molar-refractivity contribution in [2.24, 2.45) is 0 Å². The van der Waals surface area contributed by atoms with Gasteiger partial charge in [0.05, 0.1) is 5.69 Å². The molecule has 0 saturated carbocycles. The zero-order valence-corrected chi connectivity index (χ0v) is 11.6. The van der Waals surface area contributed by atoms with Crippen molar-refractivity contribution in [2.75, 3.05) is 5.73 Å². The lowest BCUT2D eigenvalue weighted by molar-refractivity contribution is 0.911. The second-order valence-electron chi connectivity index (χ2n) is 4.32. The van der Waals surface area contributed by atoms with Gasteiger partial charge >= 0.3 is 0 Å². The van der Waals surface area contributed by atoms with Crippen LogP contribution in [-0.4, -0.2) is 9.97 Å². The van der Waals surface area contributed by atoms with E-state index in [4.69, 9.17) is 5.73 Å². The van der Waals surface area contributed by atoms with E-state index in [1.54, 1.807) is 0 Å². The molecule has 1 aromatic heterocycles. The van der Waals surface area contributed by atoms with Crippen molar-refractivity contribution in [3.05, 3.63) is 45.2 Å². The Bertz CT molecular complexity index is 531. The average Bonchev–Trinajstić information content (AvgIpc) is 2.56. The van der Waals surface area contributed by atoms with E-state index >= 15 is 0 Å². The minimum Gasteiger partial charge on any atom is -0.369 e. The number of rotatable bonds is 3. The Morgan fingerprint density at radius 3 is 2.65 bits per heavy atom. The van der Waals surface area contributed by atoms with Gasteiger partial charge in [-0.1, -0.05) is 23.8 Å². The van der Waals surface area contributed by atoms with Gasteiger partial charge < -0.3 is 10.7 Å². The molecule has 3 N–H and O–H groups in total. The molecule has 0 spiro atoms. The Kier molecular flexibility index (Phi) is 3.52. The number of benzene rings is 1. The summed E-state index contributed by atoms with van der Waals surface area (Å²) in [5, 5.41) is 0. The molecule has 3 nitrogen and oxygen atoms in total. The molecular formula is C13H16BrN3. The van der Waals surface area contributed by atoms with E-state index in [0.29, 0.717) is 5.95 Å². The van der Waals surface area contributed by atoms with E-state index in [2.05, 4.69) is 57.9 Å². The Morgan fingerprint density at radius 2 is 2.06 bits per heavy atom. The molecule has 2 rings (SSSR count). The fourth-order valence-electron chi connectivity index (χ4n) is 1.96. The van der Waals surface area contributed by atoms with Crippen LogP contribution in [-0.2, 0) is 12.8 Å². The molecule has 0 amide bonds. The van der Waals surface area contributed by atoms with Crippen LogP contribution in [0.15, 0.2) is 22.8 Å². The summed E-state index contributed by atoms with van der Waals surface area (Å²) < 4.78 is 0.819. The molecule has 90 valence electrons. The van der Waals surface area contributed by atoms with Crippen LogP contribution in [0.4, 0.5) is 5.95 Å². The molecule has 2 aromatic rings. The first-order valence-corrected chi connectivity index (χ1v) is 6.41. The lowest BCUT2D eigenvalue weighted by atomic mass is 10.0. The number of aromatic nitrogens is 2. The number of nitrogens with one attached hydrogen (secondary N) is 1. The van der Waals surface area contributed by atoms with Crippen molar-refractivity contribution in [3.63, 3.8) is 0 Å². The summed E-state index contributed by atoms with van der Waals surface area (Å²) in [4.78, 5) is 7.16. The van der Waals surface area contributed by atoms with Crippen LogP contribution in [0.3, 0.4) is 0 Å². The Balaban J connectivity index is 2.10. The number of nitrogens with zero attached hydrogens (tertiary/aromatic N) is 1. The summed E-state index contributed by atoms with van der Waals surface area (Å²) in [6.07, 6.45) is 1.90. The maximum absolute atomic E-state index is 5.60. The van der Waals surface area contributed by atoms with Gasteiger partial charge in [0.15, 0.2) is 5.95 Å². The summed E-state index contributed by atoms with van der Waals surface area (Å²) in [5.74, 6) is 0.465. The van der Waals surface area contributed by atoms with Crippen LogP contribution >= 0.6 is 15.9 Å². The van der Waals surface area contributed by atoms with Gasteiger partial charge in [-0.05, 0) is 53.7 Å². The topological polar surface area (TPSA) is 54.7 Å². The molecule has 1 aromatic carbocycles. The number of anilines is 1. The number of aromatic amines is 1. The Labute approximate surface area is 110 Å². The highest BCUT2D eigenvalue weighted by Crippen LogP contribution is 2.18. The predicted molar refractivity (Wildman–Crippen MR) is 74.0 cm³/mol. The SMILES string of the molecule is Cc1ccc(CCc2[nH]c(N)nc2Br)c(C)c1. The van der Waals surface area contributed by atoms with E-state index in [1.807, 2.05) is 0 Å². The molecule has 4 heteroatoms. The third-order valence-electron chi connectivity index (χ3n) is 2.89. The molecule has 0 bridgehead atoms. The van der Waals surface area contributed by atoms with Crippen molar-refractivity contribution in [2.45, 2.75) is 26.7 Å². The molecule has 0 radical (unpaired) electrons. The largest absolute Gasteiger partial charge is 0.369 e. The molecule has 0 aliphatic heterocycles. The maximum atomic E-state index is 5.60. The number of H-pyrrole nitrogens is 1. The maximum Gasteiger partial charge on any atom is 0.198 e. The minimum atomic E-state index is 0.465. The summed E-state index contributed by atoms with van der Waals surface area (Å²) in [7, 11) is 0. The zero-order chi connectivity index (χ0) is 12.4. The van der Waals surface area contributed by atoms with Crippen LogP contribution in [0.2, 0.25) is 0 Å². The van der Waals surface area contributed by atoms with Crippen LogP contribution < -0.4 is 5.73 Å². The van der Waals surface area contributed by atoms with Crippen molar-refractivity contribution in [3.8, 4) is 0 Å². The fourth-order valence-corrected chi connectivity index (χ4v) is 2.45. The molecule has 0 unspecified atom stereocenters. The number of hydrogen-bond acceptors (Lipinski definition) is 2. The summed E-state index contributed by atoms with van der Waals surface area (Å²) in [6, 6.07) is 6.56. The van der Waals surface area contributed by atoms with E-state index in [9.17, 15) is 0 Å². The highest BCUT2D eigenvalue weighted by molar-refractivity contribution is 9.10. The zero-order valence-electron chi connectivity index (χ0n) is 10.0. The van der Waals surface area contributed by atoms with Gasteiger partial charge in [-0.15, -0.1) is 0 Å². The first-order valence-electron chi connectivity index (χ1n) is 5.62. The van der Waals surface area contributed by atoms with Gasteiger partial charge in [-0.3, -0.25) is 0 Å². The van der Waals surface area contributed by atoms with Crippen LogP contribution in [0, 0.1) is 13.8 Å².